The van der Waals surface area contributed by atoms with Gasteiger partial charge < -0.3 is 14.2 Å². The lowest BCUT2D eigenvalue weighted by atomic mass is 9.48. The zero-order chi connectivity index (χ0) is 14.6. The van der Waals surface area contributed by atoms with Crippen LogP contribution in [0.4, 0.5) is 0 Å². The smallest absolute Gasteiger partial charge is 0.166 e. The Labute approximate surface area is 138 Å². The first kappa shape index (κ1) is 12.7. The molecule has 6 atom stereocenters. The number of hydrogen-bond acceptors (Lipinski definition) is 3. The number of methoxy groups -OCH3 is 1. The molecule has 3 fully saturated rings. The molecule has 6 rings (SSSR count). The minimum absolute atomic E-state index is 0.195. The van der Waals surface area contributed by atoms with E-state index in [1.165, 1.54) is 47.7 Å². The van der Waals surface area contributed by atoms with Gasteiger partial charge in [-0.2, -0.15) is 0 Å². The summed E-state index contributed by atoms with van der Waals surface area (Å²) in [5.74, 6) is 3.44. The van der Waals surface area contributed by atoms with Crippen molar-refractivity contribution in [1.82, 2.24) is 0 Å². The third-order valence-electron chi connectivity index (χ3n) is 7.01. The van der Waals surface area contributed by atoms with E-state index in [1.54, 1.807) is 7.11 Å². The van der Waals surface area contributed by atoms with Crippen LogP contribution in [0.2, 0.25) is 0 Å². The Kier molecular flexibility index (Phi) is 2.21. The maximum Gasteiger partial charge on any atom is 0.166 e. The topological polar surface area (TPSA) is 31.0 Å². The summed E-state index contributed by atoms with van der Waals surface area (Å²) in [6.07, 6.45) is 7.36. The molecule has 1 saturated heterocycles. The van der Waals surface area contributed by atoms with Crippen molar-refractivity contribution in [1.29, 1.82) is 0 Å². The fraction of sp³-hybridized carbons (Fsp3) is 0.667. The highest BCUT2D eigenvalue weighted by molar-refractivity contribution is 9.10. The molecule has 4 heteroatoms. The number of fused-ring (bicyclic) bond motifs is 2. The second kappa shape index (κ2) is 3.84. The van der Waals surface area contributed by atoms with Gasteiger partial charge in [0.2, 0.25) is 0 Å². The average molecular weight is 363 g/mol. The maximum absolute atomic E-state index is 6.54. The van der Waals surface area contributed by atoms with Gasteiger partial charge in [-0.3, -0.25) is 0 Å². The van der Waals surface area contributed by atoms with Crippen molar-refractivity contribution in [2.45, 2.75) is 55.8 Å². The molecular weight excluding hydrogens is 344 g/mol. The lowest BCUT2D eigenvalue weighted by Crippen LogP contribution is -2.57. The Balaban J connectivity index is 1.69. The van der Waals surface area contributed by atoms with Crippen molar-refractivity contribution >= 4 is 15.9 Å². The van der Waals surface area contributed by atoms with Crippen molar-refractivity contribution in [2.24, 2.45) is 11.8 Å². The van der Waals surface area contributed by atoms with Gasteiger partial charge >= 0.3 is 0 Å². The molecule has 0 aromatic heterocycles. The number of hydrogen-bond donors (Lipinski definition) is 0. The van der Waals surface area contributed by atoms with Gasteiger partial charge in [-0.25, -0.2) is 0 Å². The zero-order valence-corrected chi connectivity index (χ0v) is 14.2. The molecule has 6 unspecified atom stereocenters. The van der Waals surface area contributed by atoms with Crippen molar-refractivity contribution in [3.05, 3.63) is 21.7 Å². The van der Waals surface area contributed by atoms with Gasteiger partial charge in [0.25, 0.3) is 0 Å². The van der Waals surface area contributed by atoms with Crippen LogP contribution in [0.15, 0.2) is 10.5 Å². The molecule has 2 saturated carbocycles. The first-order valence-corrected chi connectivity index (χ1v) is 9.25. The van der Waals surface area contributed by atoms with E-state index < -0.39 is 0 Å². The number of ether oxygens (including phenoxy) is 3. The first-order chi connectivity index (χ1) is 10.7. The third kappa shape index (κ3) is 1.23. The van der Waals surface area contributed by atoms with Crippen LogP contribution in [0.5, 0.6) is 11.5 Å². The van der Waals surface area contributed by atoms with E-state index in [0.29, 0.717) is 12.2 Å². The highest BCUT2D eigenvalue weighted by Crippen LogP contribution is 2.69. The Hall–Kier alpha value is -0.740. The summed E-state index contributed by atoms with van der Waals surface area (Å²) >= 11 is 3.81. The molecule has 1 aromatic carbocycles. The Morgan fingerprint density at radius 2 is 2.32 bits per heavy atom. The maximum atomic E-state index is 6.54. The zero-order valence-electron chi connectivity index (χ0n) is 12.6. The van der Waals surface area contributed by atoms with E-state index in [1.807, 2.05) is 0 Å². The number of benzene rings is 1. The van der Waals surface area contributed by atoms with Gasteiger partial charge in [-0.15, -0.1) is 0 Å². The van der Waals surface area contributed by atoms with Crippen LogP contribution < -0.4 is 9.47 Å². The molecule has 1 spiro atoms. The van der Waals surface area contributed by atoms with Crippen molar-refractivity contribution in [3.8, 4) is 11.5 Å². The largest absolute Gasteiger partial charge is 0.493 e. The molecule has 5 aliphatic rings. The molecule has 3 nitrogen and oxygen atoms in total. The molecule has 0 radical (unpaired) electrons. The highest BCUT2D eigenvalue weighted by Gasteiger charge is 2.71. The SMILES string of the molecule is COc1cc(Br)c2c3c1OC1C4OC4CC4C(CCCC341)C2. The summed E-state index contributed by atoms with van der Waals surface area (Å²) in [5.41, 5.74) is 3.15. The van der Waals surface area contributed by atoms with Crippen LogP contribution in [0, 0.1) is 11.8 Å². The van der Waals surface area contributed by atoms with E-state index >= 15 is 0 Å². The Morgan fingerprint density at radius 3 is 3.18 bits per heavy atom. The van der Waals surface area contributed by atoms with E-state index in [2.05, 4.69) is 22.0 Å². The molecule has 0 amide bonds. The van der Waals surface area contributed by atoms with Crippen LogP contribution >= 0.6 is 15.9 Å². The van der Waals surface area contributed by atoms with E-state index in [-0.39, 0.29) is 11.5 Å². The predicted octanol–water partition coefficient (Wildman–Crippen LogP) is 3.60. The first-order valence-electron chi connectivity index (χ1n) is 8.46. The van der Waals surface area contributed by atoms with Crippen molar-refractivity contribution in [3.63, 3.8) is 0 Å². The summed E-state index contributed by atoms with van der Waals surface area (Å²) in [6.45, 7) is 0. The Bertz CT molecular complexity index is 702. The van der Waals surface area contributed by atoms with E-state index in [9.17, 15) is 0 Å². The second-order valence-electron chi connectivity index (χ2n) is 7.66. The predicted molar refractivity (Wildman–Crippen MR) is 84.6 cm³/mol. The van der Waals surface area contributed by atoms with Crippen LogP contribution in [-0.4, -0.2) is 25.4 Å². The quantitative estimate of drug-likeness (QED) is 0.715. The lowest BCUT2D eigenvalue weighted by molar-refractivity contribution is -0.00253. The van der Waals surface area contributed by atoms with Gasteiger partial charge in [0.05, 0.1) is 13.2 Å². The van der Waals surface area contributed by atoms with Crippen LogP contribution in [0.25, 0.3) is 0 Å². The minimum Gasteiger partial charge on any atom is -0.493 e. The lowest BCUT2D eigenvalue weighted by Gasteiger charge is -2.53. The molecule has 1 aromatic rings. The molecule has 22 heavy (non-hydrogen) atoms. The van der Waals surface area contributed by atoms with Crippen molar-refractivity contribution < 1.29 is 14.2 Å². The molecule has 2 heterocycles. The van der Waals surface area contributed by atoms with Crippen molar-refractivity contribution in [2.75, 3.05) is 7.11 Å². The average Bonchev–Trinajstić information content (AvgIpc) is 3.20. The molecule has 0 N–H and O–H groups in total. The van der Waals surface area contributed by atoms with Crippen LogP contribution in [-0.2, 0) is 16.6 Å². The van der Waals surface area contributed by atoms with Gasteiger partial charge in [-0.05, 0) is 49.1 Å². The molecule has 3 aliphatic carbocycles. The fourth-order valence-electron chi connectivity index (χ4n) is 6.24. The second-order valence-corrected chi connectivity index (χ2v) is 8.51. The summed E-state index contributed by atoms with van der Waals surface area (Å²) in [4.78, 5) is 0. The summed E-state index contributed by atoms with van der Waals surface area (Å²) in [7, 11) is 1.74. The highest BCUT2D eigenvalue weighted by atomic mass is 79.9. The minimum atomic E-state index is 0.195. The summed E-state index contributed by atoms with van der Waals surface area (Å²) < 4.78 is 19.4. The van der Waals surface area contributed by atoms with E-state index in [4.69, 9.17) is 14.2 Å². The van der Waals surface area contributed by atoms with Gasteiger partial charge in [0, 0.05) is 15.5 Å². The van der Waals surface area contributed by atoms with Crippen LogP contribution in [0.3, 0.4) is 0 Å². The van der Waals surface area contributed by atoms with Gasteiger partial charge in [0.1, 0.15) is 12.2 Å². The third-order valence-corrected chi connectivity index (χ3v) is 7.71. The summed E-state index contributed by atoms with van der Waals surface area (Å²) in [5, 5.41) is 0. The monoisotopic (exact) mass is 362 g/mol. The molecule has 116 valence electrons. The van der Waals surface area contributed by atoms with Gasteiger partial charge in [0.15, 0.2) is 11.5 Å². The Morgan fingerprint density at radius 1 is 1.41 bits per heavy atom. The summed E-state index contributed by atoms with van der Waals surface area (Å²) in [6, 6.07) is 2.10. The number of epoxide rings is 1. The number of halogens is 1. The fourth-order valence-corrected chi connectivity index (χ4v) is 6.81. The van der Waals surface area contributed by atoms with E-state index in [0.717, 1.165) is 23.3 Å². The molecular formula is C18H19BrO3. The normalized spacial score (nSPS) is 45.6. The number of rotatable bonds is 1. The molecule has 2 aliphatic heterocycles. The molecule has 2 bridgehead atoms. The van der Waals surface area contributed by atoms with Crippen LogP contribution in [0.1, 0.15) is 36.8 Å². The van der Waals surface area contributed by atoms with Gasteiger partial charge in [-0.1, -0.05) is 22.4 Å². The standard InChI is InChI=1S/C18H19BrO3/c1-20-12-7-11(19)9-5-8-3-2-4-18-10(8)6-13-16(21-13)17(18)22-15(12)14(9)18/h7-8,10,13,16-17H,2-6H2,1H3.